The molecule has 1 fully saturated rings. The van der Waals surface area contributed by atoms with Crippen LogP contribution >= 0.6 is 11.3 Å². The van der Waals surface area contributed by atoms with Crippen molar-refractivity contribution in [3.63, 3.8) is 0 Å². The third-order valence-corrected chi connectivity index (χ3v) is 6.38. The summed E-state index contributed by atoms with van der Waals surface area (Å²) in [6, 6.07) is 4.50. The van der Waals surface area contributed by atoms with Gasteiger partial charge in [-0.05, 0) is 83.3 Å². The number of hydrogen-bond donors (Lipinski definition) is 2. The summed E-state index contributed by atoms with van der Waals surface area (Å²) in [5.74, 6) is 0.123. The van der Waals surface area contributed by atoms with Crippen molar-refractivity contribution in [3.8, 4) is 11.3 Å². The molecule has 1 aromatic carbocycles. The summed E-state index contributed by atoms with van der Waals surface area (Å²) in [5, 5.41) is 8.53. The van der Waals surface area contributed by atoms with E-state index in [1.807, 2.05) is 19.2 Å². The maximum atomic E-state index is 12.5. The van der Waals surface area contributed by atoms with Crippen molar-refractivity contribution in [1.82, 2.24) is 15.2 Å². The Morgan fingerprint density at radius 1 is 1.13 bits per heavy atom. The molecule has 1 aromatic heterocycles. The average molecular weight is 429 g/mol. The highest BCUT2D eigenvalue weighted by molar-refractivity contribution is 7.14. The largest absolute Gasteiger partial charge is 0.354 e. The zero-order chi connectivity index (χ0) is 21.8. The summed E-state index contributed by atoms with van der Waals surface area (Å²) in [5.41, 5.74) is 5.69. The standard InChI is InChI=1S/C23H32N4O2S/c1-14(2)24-22(29)18-6-8-27(9-7-18)12-21(28)26-23-25-20(13-30-23)19-11-16(4)15(3)10-17(19)5/h10-11,13-14,18H,6-9,12H2,1-5H3,(H,24,29)(H,25,26,28). The van der Waals surface area contributed by atoms with E-state index < -0.39 is 0 Å². The third-order valence-electron chi connectivity index (χ3n) is 5.62. The van der Waals surface area contributed by atoms with Crippen LogP contribution in [0.2, 0.25) is 0 Å². The van der Waals surface area contributed by atoms with Gasteiger partial charge in [0, 0.05) is 22.9 Å². The van der Waals surface area contributed by atoms with Crippen LogP contribution in [0.1, 0.15) is 43.4 Å². The fourth-order valence-corrected chi connectivity index (χ4v) is 4.54. The Morgan fingerprint density at radius 3 is 2.47 bits per heavy atom. The molecule has 1 aliphatic rings. The maximum Gasteiger partial charge on any atom is 0.240 e. The number of rotatable bonds is 6. The predicted molar refractivity (Wildman–Crippen MR) is 123 cm³/mol. The zero-order valence-corrected chi connectivity index (χ0v) is 19.4. The Balaban J connectivity index is 1.52. The highest BCUT2D eigenvalue weighted by atomic mass is 32.1. The van der Waals surface area contributed by atoms with E-state index in [1.165, 1.54) is 28.0 Å². The highest BCUT2D eigenvalue weighted by Gasteiger charge is 2.26. The van der Waals surface area contributed by atoms with Crippen LogP contribution in [0, 0.1) is 26.7 Å². The molecule has 162 valence electrons. The Morgan fingerprint density at radius 2 is 1.80 bits per heavy atom. The topological polar surface area (TPSA) is 74.3 Å². The molecule has 2 aromatic rings. The molecule has 0 spiro atoms. The summed E-state index contributed by atoms with van der Waals surface area (Å²) >= 11 is 1.45. The number of likely N-dealkylation sites (tertiary alicyclic amines) is 1. The number of aryl methyl sites for hydroxylation is 3. The first-order valence-electron chi connectivity index (χ1n) is 10.6. The molecule has 0 saturated carbocycles. The molecule has 1 saturated heterocycles. The summed E-state index contributed by atoms with van der Waals surface area (Å²) in [6.07, 6.45) is 1.58. The monoisotopic (exact) mass is 428 g/mol. The Labute approximate surface area is 183 Å². The lowest BCUT2D eigenvalue weighted by atomic mass is 9.95. The van der Waals surface area contributed by atoms with Crippen molar-refractivity contribution in [2.45, 2.75) is 53.5 Å². The van der Waals surface area contributed by atoms with Crippen LogP contribution < -0.4 is 10.6 Å². The van der Waals surface area contributed by atoms with Crippen LogP contribution in [0.3, 0.4) is 0 Å². The van der Waals surface area contributed by atoms with Crippen LogP contribution in [0.4, 0.5) is 5.13 Å². The molecule has 0 unspecified atom stereocenters. The minimum absolute atomic E-state index is 0.0504. The Bertz CT molecular complexity index is 914. The number of carbonyl (C=O) groups is 2. The van der Waals surface area contributed by atoms with Crippen molar-refractivity contribution >= 4 is 28.3 Å². The fourth-order valence-electron chi connectivity index (χ4n) is 3.81. The van der Waals surface area contributed by atoms with E-state index in [1.54, 1.807) is 0 Å². The number of nitrogens with one attached hydrogen (secondary N) is 2. The van der Waals surface area contributed by atoms with E-state index in [2.05, 4.69) is 53.4 Å². The number of amides is 2. The molecule has 1 aliphatic heterocycles. The van der Waals surface area contributed by atoms with E-state index in [9.17, 15) is 9.59 Å². The van der Waals surface area contributed by atoms with Crippen molar-refractivity contribution in [1.29, 1.82) is 0 Å². The summed E-state index contributed by atoms with van der Waals surface area (Å²) < 4.78 is 0. The van der Waals surface area contributed by atoms with Crippen LogP contribution in [0.5, 0.6) is 0 Å². The summed E-state index contributed by atoms with van der Waals surface area (Å²) in [4.78, 5) is 31.4. The molecule has 0 bridgehead atoms. The number of piperidine rings is 1. The van der Waals surface area contributed by atoms with Crippen molar-refractivity contribution in [2.75, 3.05) is 25.0 Å². The van der Waals surface area contributed by atoms with E-state index >= 15 is 0 Å². The average Bonchev–Trinajstić information content (AvgIpc) is 3.12. The molecule has 2 amide bonds. The lowest BCUT2D eigenvalue weighted by Crippen LogP contribution is -2.44. The Hall–Kier alpha value is -2.25. The number of aromatic nitrogens is 1. The molecule has 30 heavy (non-hydrogen) atoms. The van der Waals surface area contributed by atoms with Gasteiger partial charge in [0.05, 0.1) is 12.2 Å². The van der Waals surface area contributed by atoms with Gasteiger partial charge in [-0.3, -0.25) is 14.5 Å². The van der Waals surface area contributed by atoms with Crippen LogP contribution in [0.15, 0.2) is 17.5 Å². The molecule has 3 rings (SSSR count). The van der Waals surface area contributed by atoms with Crippen LogP contribution in [0.25, 0.3) is 11.3 Å². The highest BCUT2D eigenvalue weighted by Crippen LogP contribution is 2.29. The minimum atomic E-state index is -0.0576. The smallest absolute Gasteiger partial charge is 0.240 e. The molecule has 6 nitrogen and oxygen atoms in total. The molecule has 7 heteroatoms. The Kier molecular flexibility index (Phi) is 7.26. The van der Waals surface area contributed by atoms with E-state index in [0.29, 0.717) is 11.7 Å². The second-order valence-corrected chi connectivity index (χ2v) is 9.41. The molecule has 0 atom stereocenters. The van der Waals surface area contributed by atoms with Crippen LogP contribution in [-0.4, -0.2) is 47.4 Å². The number of hydrogen-bond acceptors (Lipinski definition) is 5. The van der Waals surface area contributed by atoms with Gasteiger partial charge in [0.2, 0.25) is 11.8 Å². The van der Waals surface area contributed by atoms with Gasteiger partial charge in [-0.15, -0.1) is 11.3 Å². The number of carbonyl (C=O) groups excluding carboxylic acids is 2. The molecule has 2 N–H and O–H groups in total. The lowest BCUT2D eigenvalue weighted by molar-refractivity contribution is -0.127. The quantitative estimate of drug-likeness (QED) is 0.732. The second kappa shape index (κ2) is 9.71. The first kappa shape index (κ1) is 22.4. The van der Waals surface area contributed by atoms with Crippen molar-refractivity contribution in [2.24, 2.45) is 5.92 Å². The van der Waals surface area contributed by atoms with E-state index in [0.717, 1.165) is 37.2 Å². The van der Waals surface area contributed by atoms with Gasteiger partial charge in [0.1, 0.15) is 0 Å². The summed E-state index contributed by atoms with van der Waals surface area (Å²) in [6.45, 7) is 12.1. The second-order valence-electron chi connectivity index (χ2n) is 8.55. The molecule has 0 radical (unpaired) electrons. The van der Waals surface area contributed by atoms with Crippen molar-refractivity contribution in [3.05, 3.63) is 34.2 Å². The van der Waals surface area contributed by atoms with E-state index in [4.69, 9.17) is 0 Å². The molecular weight excluding hydrogens is 396 g/mol. The van der Waals surface area contributed by atoms with Gasteiger partial charge in [-0.25, -0.2) is 4.98 Å². The molecule has 0 aliphatic carbocycles. The first-order chi connectivity index (χ1) is 14.2. The van der Waals surface area contributed by atoms with Gasteiger partial charge in [0.15, 0.2) is 5.13 Å². The fraction of sp³-hybridized carbons (Fsp3) is 0.522. The summed E-state index contributed by atoms with van der Waals surface area (Å²) in [7, 11) is 0. The number of thiazole rings is 1. The predicted octanol–water partition coefficient (Wildman–Crippen LogP) is 3.91. The number of anilines is 1. The molecular formula is C23H32N4O2S. The van der Waals surface area contributed by atoms with E-state index in [-0.39, 0.29) is 23.8 Å². The van der Waals surface area contributed by atoms with Crippen molar-refractivity contribution < 1.29 is 9.59 Å². The van der Waals surface area contributed by atoms with Gasteiger partial charge in [0.25, 0.3) is 0 Å². The van der Waals surface area contributed by atoms with Crippen LogP contribution in [-0.2, 0) is 9.59 Å². The third kappa shape index (κ3) is 5.67. The normalized spacial score (nSPS) is 15.4. The van der Waals surface area contributed by atoms with Gasteiger partial charge >= 0.3 is 0 Å². The number of benzene rings is 1. The van der Waals surface area contributed by atoms with Gasteiger partial charge in [-0.1, -0.05) is 6.07 Å². The van der Waals surface area contributed by atoms with Gasteiger partial charge in [-0.2, -0.15) is 0 Å². The lowest BCUT2D eigenvalue weighted by Gasteiger charge is -2.31. The minimum Gasteiger partial charge on any atom is -0.354 e. The maximum absolute atomic E-state index is 12.5. The molecule has 2 heterocycles. The van der Waals surface area contributed by atoms with Gasteiger partial charge < -0.3 is 10.6 Å². The first-order valence-corrected chi connectivity index (χ1v) is 11.5. The zero-order valence-electron chi connectivity index (χ0n) is 18.5. The SMILES string of the molecule is Cc1cc(C)c(-c2csc(NC(=O)CN3CCC(C(=O)NC(C)C)CC3)n2)cc1C. The number of nitrogens with zero attached hydrogens (tertiary/aromatic N) is 2.